The van der Waals surface area contributed by atoms with Crippen molar-refractivity contribution in [2.24, 2.45) is 7.05 Å². The van der Waals surface area contributed by atoms with Gasteiger partial charge in [0.15, 0.2) is 0 Å². The zero-order chi connectivity index (χ0) is 21.3. The number of carbonyl (C=O) groups excluding carboxylic acids is 1. The van der Waals surface area contributed by atoms with Crippen LogP contribution in [0, 0.1) is 0 Å². The number of hydrogen-bond acceptors (Lipinski definition) is 7. The van der Waals surface area contributed by atoms with Gasteiger partial charge in [0.25, 0.3) is 5.91 Å². The topological polar surface area (TPSA) is 132 Å². The second kappa shape index (κ2) is 7.52. The summed E-state index contributed by atoms with van der Waals surface area (Å²) in [7, 11) is -1.58. The summed E-state index contributed by atoms with van der Waals surface area (Å²) in [6.07, 6.45) is 9.21. The van der Waals surface area contributed by atoms with Gasteiger partial charge in [-0.2, -0.15) is 0 Å². The zero-order valence-corrected chi connectivity index (χ0v) is 16.9. The number of sulfonamides is 1. The first kappa shape index (κ1) is 19.5. The third-order valence-corrected chi connectivity index (χ3v) is 4.75. The number of anilines is 2. The molecule has 152 valence electrons. The van der Waals surface area contributed by atoms with Crippen molar-refractivity contribution >= 4 is 38.2 Å². The number of nitrogens with zero attached hydrogens (tertiary/aromatic N) is 5. The quantitative estimate of drug-likeness (QED) is 0.502. The van der Waals surface area contributed by atoms with Gasteiger partial charge < -0.3 is 9.88 Å². The number of pyridine rings is 1. The predicted octanol–water partition coefficient (Wildman–Crippen LogP) is 2.05. The third-order valence-electron chi connectivity index (χ3n) is 4.14. The number of aromatic nitrogens is 5. The molecule has 3 aromatic heterocycles. The van der Waals surface area contributed by atoms with Gasteiger partial charge in [-0.3, -0.25) is 14.5 Å². The van der Waals surface area contributed by atoms with E-state index in [1.807, 2.05) is 13.2 Å². The van der Waals surface area contributed by atoms with E-state index in [2.05, 4.69) is 30.0 Å². The van der Waals surface area contributed by atoms with Gasteiger partial charge in [0, 0.05) is 42.8 Å². The van der Waals surface area contributed by atoms with Crippen LogP contribution in [0.15, 0.2) is 55.4 Å². The molecular weight excluding hydrogens is 406 g/mol. The van der Waals surface area contributed by atoms with Gasteiger partial charge in [0.1, 0.15) is 0 Å². The summed E-state index contributed by atoms with van der Waals surface area (Å²) in [5, 5.41) is 3.46. The molecule has 0 fully saturated rings. The maximum absolute atomic E-state index is 12.8. The Morgan fingerprint density at radius 1 is 1.13 bits per heavy atom. The van der Waals surface area contributed by atoms with E-state index in [4.69, 9.17) is 0 Å². The molecule has 0 saturated carbocycles. The van der Waals surface area contributed by atoms with Crippen LogP contribution in [0.5, 0.6) is 0 Å². The van der Waals surface area contributed by atoms with Gasteiger partial charge in [-0.15, -0.1) is 0 Å². The summed E-state index contributed by atoms with van der Waals surface area (Å²) in [5.74, 6) is -0.565. The van der Waals surface area contributed by atoms with Crippen molar-refractivity contribution in [3.63, 3.8) is 0 Å². The zero-order valence-electron chi connectivity index (χ0n) is 16.1. The fourth-order valence-corrected chi connectivity index (χ4v) is 3.40. The van der Waals surface area contributed by atoms with Crippen LogP contribution < -0.4 is 10.0 Å². The van der Waals surface area contributed by atoms with Crippen LogP contribution in [0.4, 0.5) is 11.4 Å². The van der Waals surface area contributed by atoms with Gasteiger partial charge in [0.05, 0.1) is 35.2 Å². The van der Waals surface area contributed by atoms with Crippen LogP contribution >= 0.6 is 0 Å². The molecule has 0 aliphatic carbocycles. The molecule has 2 N–H and O–H groups in total. The maximum atomic E-state index is 12.8. The highest BCUT2D eigenvalue weighted by molar-refractivity contribution is 7.92. The van der Waals surface area contributed by atoms with E-state index in [0.717, 1.165) is 6.26 Å². The normalized spacial score (nSPS) is 11.4. The lowest BCUT2D eigenvalue weighted by atomic mass is 10.2. The molecule has 0 saturated heterocycles. The minimum atomic E-state index is -3.43. The molecule has 10 nitrogen and oxygen atoms in total. The number of amides is 1. The summed E-state index contributed by atoms with van der Waals surface area (Å²) < 4.78 is 27.1. The molecule has 11 heteroatoms. The molecule has 1 amide bonds. The van der Waals surface area contributed by atoms with Crippen molar-refractivity contribution in [2.45, 2.75) is 0 Å². The van der Waals surface area contributed by atoms with Gasteiger partial charge in [-0.25, -0.2) is 23.4 Å². The van der Waals surface area contributed by atoms with E-state index in [9.17, 15) is 13.2 Å². The Balaban J connectivity index is 1.64. The first-order valence-corrected chi connectivity index (χ1v) is 10.7. The van der Waals surface area contributed by atoms with Crippen LogP contribution in [-0.2, 0) is 17.1 Å². The molecular formula is C19H17N7O3S. The Kier molecular flexibility index (Phi) is 4.88. The van der Waals surface area contributed by atoms with Crippen LogP contribution in [0.1, 0.15) is 10.6 Å². The highest BCUT2D eigenvalue weighted by atomic mass is 32.2. The number of nitrogens with one attached hydrogen (secondary N) is 2. The van der Waals surface area contributed by atoms with Gasteiger partial charge in [0.2, 0.25) is 15.8 Å². The number of imidazole rings is 1. The van der Waals surface area contributed by atoms with E-state index in [1.165, 1.54) is 6.20 Å². The minimum Gasteiger partial charge on any atom is -0.340 e. The minimum absolute atomic E-state index is 0.0530. The highest BCUT2D eigenvalue weighted by Gasteiger charge is 2.15. The summed E-state index contributed by atoms with van der Waals surface area (Å²) in [6, 6.07) is 6.48. The lowest BCUT2D eigenvalue weighted by Gasteiger charge is -2.09. The number of aryl methyl sites for hydroxylation is 1. The standard InChI is InChI=1S/C19H17N7O3S/c1-26-10-17(22-11-26)14-9-20-6-5-15(14)24-19(27)18-21-8-12-3-4-13(7-16(12)23-18)25-30(2,28)29/h3-11,25H,1-2H3,(H,20,24,27). The monoisotopic (exact) mass is 423 g/mol. The average molecular weight is 423 g/mol. The van der Waals surface area contributed by atoms with Crippen LogP contribution in [0.3, 0.4) is 0 Å². The van der Waals surface area contributed by atoms with E-state index in [1.54, 1.807) is 47.6 Å². The number of rotatable bonds is 5. The summed E-state index contributed by atoms with van der Waals surface area (Å²) in [4.78, 5) is 29.6. The fourth-order valence-electron chi connectivity index (χ4n) is 2.85. The van der Waals surface area contributed by atoms with E-state index >= 15 is 0 Å². The average Bonchev–Trinajstić information content (AvgIpc) is 3.12. The molecule has 0 bridgehead atoms. The Morgan fingerprint density at radius 2 is 1.97 bits per heavy atom. The predicted molar refractivity (Wildman–Crippen MR) is 112 cm³/mol. The second-order valence-electron chi connectivity index (χ2n) is 6.64. The van der Waals surface area contributed by atoms with Gasteiger partial charge in [-0.1, -0.05) is 0 Å². The molecule has 0 aliphatic rings. The van der Waals surface area contributed by atoms with Crippen molar-refractivity contribution in [3.8, 4) is 11.3 Å². The Morgan fingerprint density at radius 3 is 2.70 bits per heavy atom. The van der Waals surface area contributed by atoms with Crippen molar-refractivity contribution < 1.29 is 13.2 Å². The van der Waals surface area contributed by atoms with Crippen molar-refractivity contribution in [1.29, 1.82) is 0 Å². The Bertz CT molecular complexity index is 1370. The first-order valence-electron chi connectivity index (χ1n) is 8.77. The lowest BCUT2D eigenvalue weighted by Crippen LogP contribution is -2.16. The van der Waals surface area contributed by atoms with Crippen LogP contribution in [0.2, 0.25) is 0 Å². The summed E-state index contributed by atoms with van der Waals surface area (Å²) in [5.41, 5.74) is 2.62. The van der Waals surface area contributed by atoms with Crippen molar-refractivity contribution in [2.75, 3.05) is 16.3 Å². The van der Waals surface area contributed by atoms with Gasteiger partial charge >= 0.3 is 0 Å². The number of fused-ring (bicyclic) bond motifs is 1. The third kappa shape index (κ3) is 4.25. The van der Waals surface area contributed by atoms with Gasteiger partial charge in [-0.05, 0) is 24.3 Å². The molecule has 4 aromatic rings. The summed E-state index contributed by atoms with van der Waals surface area (Å²) >= 11 is 0. The molecule has 0 aliphatic heterocycles. The van der Waals surface area contributed by atoms with Crippen molar-refractivity contribution in [3.05, 3.63) is 61.2 Å². The van der Waals surface area contributed by atoms with E-state index in [0.29, 0.717) is 33.5 Å². The number of benzene rings is 1. The Labute approximate surface area is 172 Å². The fraction of sp³-hybridized carbons (Fsp3) is 0.105. The molecule has 0 spiro atoms. The van der Waals surface area contributed by atoms with Crippen LogP contribution in [0.25, 0.3) is 22.2 Å². The molecule has 0 atom stereocenters. The number of carbonyl (C=O) groups is 1. The maximum Gasteiger partial charge on any atom is 0.293 e. The second-order valence-corrected chi connectivity index (χ2v) is 8.39. The molecule has 1 aromatic carbocycles. The molecule has 4 rings (SSSR count). The number of hydrogen-bond donors (Lipinski definition) is 2. The lowest BCUT2D eigenvalue weighted by molar-refractivity contribution is 0.101. The summed E-state index contributed by atoms with van der Waals surface area (Å²) in [6.45, 7) is 0. The van der Waals surface area contributed by atoms with E-state index in [-0.39, 0.29) is 5.82 Å². The largest absolute Gasteiger partial charge is 0.340 e. The SMILES string of the molecule is Cn1cnc(-c2cnccc2NC(=O)c2ncc3ccc(NS(C)(=O)=O)cc3n2)c1. The smallest absolute Gasteiger partial charge is 0.293 e. The van der Waals surface area contributed by atoms with Crippen LogP contribution in [-0.4, -0.2) is 45.1 Å². The molecule has 0 radical (unpaired) electrons. The van der Waals surface area contributed by atoms with E-state index < -0.39 is 15.9 Å². The Hall–Kier alpha value is -3.86. The molecule has 3 heterocycles. The highest BCUT2D eigenvalue weighted by Crippen LogP contribution is 2.25. The van der Waals surface area contributed by atoms with Crippen molar-refractivity contribution in [1.82, 2.24) is 24.5 Å². The molecule has 30 heavy (non-hydrogen) atoms. The first-order chi connectivity index (χ1) is 14.3. The molecule has 0 unspecified atom stereocenters.